The number of fused-ring (bicyclic) bond motifs is 1. The summed E-state index contributed by atoms with van der Waals surface area (Å²) in [5.74, 6) is 0. The second-order valence-corrected chi connectivity index (χ2v) is 6.76. The summed E-state index contributed by atoms with van der Waals surface area (Å²) in [5, 5.41) is 3.62. The van der Waals surface area contributed by atoms with Gasteiger partial charge in [0.25, 0.3) is 0 Å². The van der Waals surface area contributed by atoms with Crippen LogP contribution in [-0.4, -0.2) is 11.5 Å². The zero-order chi connectivity index (χ0) is 13.9. The summed E-state index contributed by atoms with van der Waals surface area (Å²) in [6, 6.07) is 7.14. The van der Waals surface area contributed by atoms with Gasteiger partial charge in [0.2, 0.25) is 0 Å². The van der Waals surface area contributed by atoms with Crippen molar-refractivity contribution in [3.8, 4) is 0 Å². The molecule has 2 aromatic rings. The van der Waals surface area contributed by atoms with Gasteiger partial charge in [0.15, 0.2) is 0 Å². The SMILES string of the molecule is CCNC(Cc1ccc(C)cn1)c1cc2c(s1)CCC2. The van der Waals surface area contributed by atoms with E-state index in [9.17, 15) is 0 Å². The summed E-state index contributed by atoms with van der Waals surface area (Å²) < 4.78 is 0. The van der Waals surface area contributed by atoms with Crippen molar-refractivity contribution in [2.24, 2.45) is 0 Å². The fraction of sp³-hybridized carbons (Fsp3) is 0.471. The minimum Gasteiger partial charge on any atom is -0.309 e. The Morgan fingerprint density at radius 2 is 2.25 bits per heavy atom. The molecule has 1 unspecified atom stereocenters. The smallest absolute Gasteiger partial charge is 0.0470 e. The first-order valence-corrected chi connectivity index (χ1v) is 8.34. The van der Waals surface area contributed by atoms with Gasteiger partial charge in [-0.15, -0.1) is 11.3 Å². The molecule has 3 heteroatoms. The molecule has 0 amide bonds. The molecule has 0 bridgehead atoms. The molecule has 3 rings (SSSR count). The van der Waals surface area contributed by atoms with Crippen molar-refractivity contribution in [3.05, 3.63) is 51.0 Å². The number of thiophene rings is 1. The van der Waals surface area contributed by atoms with Crippen LogP contribution in [0.4, 0.5) is 0 Å². The third-order valence-electron chi connectivity index (χ3n) is 3.95. The van der Waals surface area contributed by atoms with Crippen molar-refractivity contribution >= 4 is 11.3 Å². The molecule has 0 aliphatic heterocycles. The summed E-state index contributed by atoms with van der Waals surface area (Å²) in [6.45, 7) is 5.26. The van der Waals surface area contributed by atoms with E-state index in [4.69, 9.17) is 0 Å². The lowest BCUT2D eigenvalue weighted by molar-refractivity contribution is 0.552. The van der Waals surface area contributed by atoms with E-state index in [-0.39, 0.29) is 0 Å². The minimum atomic E-state index is 0.408. The van der Waals surface area contributed by atoms with Gasteiger partial charge < -0.3 is 5.32 Å². The molecule has 2 heterocycles. The molecule has 1 aliphatic carbocycles. The van der Waals surface area contributed by atoms with Gasteiger partial charge in [0.05, 0.1) is 0 Å². The van der Waals surface area contributed by atoms with Crippen molar-refractivity contribution < 1.29 is 0 Å². The molecule has 20 heavy (non-hydrogen) atoms. The molecular weight excluding hydrogens is 264 g/mol. The number of hydrogen-bond acceptors (Lipinski definition) is 3. The number of aryl methyl sites for hydroxylation is 3. The lowest BCUT2D eigenvalue weighted by Crippen LogP contribution is -2.22. The van der Waals surface area contributed by atoms with Crippen LogP contribution in [0.1, 0.15) is 46.0 Å². The predicted molar refractivity (Wildman–Crippen MR) is 85.4 cm³/mol. The van der Waals surface area contributed by atoms with Crippen LogP contribution in [0.5, 0.6) is 0 Å². The van der Waals surface area contributed by atoms with Crippen molar-refractivity contribution in [1.29, 1.82) is 0 Å². The van der Waals surface area contributed by atoms with Crippen LogP contribution in [0.2, 0.25) is 0 Å². The standard InChI is InChI=1S/C17H22N2S/c1-3-18-15(10-14-8-7-12(2)11-19-14)17-9-13-5-4-6-16(13)20-17/h7-9,11,15,18H,3-6,10H2,1-2H3. The Balaban J connectivity index is 1.79. The van der Waals surface area contributed by atoms with Crippen LogP contribution in [0, 0.1) is 6.92 Å². The topological polar surface area (TPSA) is 24.9 Å². The summed E-state index contributed by atoms with van der Waals surface area (Å²) in [5.41, 5.74) is 3.99. The fourth-order valence-electron chi connectivity index (χ4n) is 2.87. The van der Waals surface area contributed by atoms with Crippen LogP contribution >= 0.6 is 11.3 Å². The molecular formula is C17H22N2S. The number of aromatic nitrogens is 1. The Kier molecular flexibility index (Phi) is 4.18. The number of pyridine rings is 1. The van der Waals surface area contributed by atoms with Gasteiger partial charge >= 0.3 is 0 Å². The van der Waals surface area contributed by atoms with E-state index < -0.39 is 0 Å². The van der Waals surface area contributed by atoms with Gasteiger partial charge in [-0.1, -0.05) is 13.0 Å². The first-order chi connectivity index (χ1) is 9.76. The van der Waals surface area contributed by atoms with Crippen molar-refractivity contribution in [2.45, 2.75) is 45.6 Å². The molecule has 0 radical (unpaired) electrons. The quantitative estimate of drug-likeness (QED) is 0.903. The van der Waals surface area contributed by atoms with E-state index in [1.165, 1.54) is 35.4 Å². The van der Waals surface area contributed by atoms with Gasteiger partial charge in [-0.3, -0.25) is 4.98 Å². The first-order valence-electron chi connectivity index (χ1n) is 7.52. The fourth-order valence-corrected chi connectivity index (χ4v) is 4.20. The molecule has 0 spiro atoms. The number of nitrogens with zero attached hydrogens (tertiary/aromatic N) is 1. The molecule has 2 aromatic heterocycles. The normalized spacial score (nSPS) is 15.3. The van der Waals surface area contributed by atoms with Gasteiger partial charge in [-0.2, -0.15) is 0 Å². The van der Waals surface area contributed by atoms with E-state index in [2.05, 4.69) is 42.3 Å². The number of rotatable bonds is 5. The molecule has 106 valence electrons. The lowest BCUT2D eigenvalue weighted by Gasteiger charge is -2.16. The zero-order valence-corrected chi connectivity index (χ0v) is 13.1. The first kappa shape index (κ1) is 13.8. The van der Waals surface area contributed by atoms with Crippen LogP contribution in [0.3, 0.4) is 0 Å². The van der Waals surface area contributed by atoms with E-state index in [1.807, 2.05) is 17.5 Å². The molecule has 0 saturated heterocycles. The molecule has 0 fully saturated rings. The average Bonchev–Trinajstić information content (AvgIpc) is 3.01. The second-order valence-electron chi connectivity index (χ2n) is 5.59. The Morgan fingerprint density at radius 3 is 2.95 bits per heavy atom. The molecule has 1 aliphatic rings. The van der Waals surface area contributed by atoms with Crippen molar-refractivity contribution in [1.82, 2.24) is 10.3 Å². The van der Waals surface area contributed by atoms with Gasteiger partial charge in [0, 0.05) is 34.1 Å². The van der Waals surface area contributed by atoms with Crippen LogP contribution in [0.25, 0.3) is 0 Å². The average molecular weight is 286 g/mol. The predicted octanol–water partition coefficient (Wildman–Crippen LogP) is 3.83. The number of hydrogen-bond donors (Lipinski definition) is 1. The summed E-state index contributed by atoms with van der Waals surface area (Å²) >= 11 is 2.00. The molecule has 0 saturated carbocycles. The van der Waals surface area contributed by atoms with Crippen LogP contribution in [0.15, 0.2) is 24.4 Å². The van der Waals surface area contributed by atoms with E-state index >= 15 is 0 Å². The Hall–Kier alpha value is -1.19. The maximum Gasteiger partial charge on any atom is 0.0470 e. The third kappa shape index (κ3) is 2.94. The Labute approximate surface area is 125 Å². The molecule has 1 N–H and O–H groups in total. The second kappa shape index (κ2) is 6.06. The van der Waals surface area contributed by atoms with E-state index in [0.29, 0.717) is 6.04 Å². The van der Waals surface area contributed by atoms with E-state index in [1.54, 1.807) is 10.4 Å². The maximum atomic E-state index is 4.55. The number of nitrogens with one attached hydrogen (secondary N) is 1. The Morgan fingerprint density at radius 1 is 1.35 bits per heavy atom. The highest BCUT2D eigenvalue weighted by molar-refractivity contribution is 7.12. The zero-order valence-electron chi connectivity index (χ0n) is 12.3. The summed E-state index contributed by atoms with van der Waals surface area (Å²) in [7, 11) is 0. The Bertz CT molecular complexity index is 550. The highest BCUT2D eigenvalue weighted by Crippen LogP contribution is 2.34. The summed E-state index contributed by atoms with van der Waals surface area (Å²) in [6.07, 6.45) is 6.84. The highest BCUT2D eigenvalue weighted by atomic mass is 32.1. The molecule has 0 aromatic carbocycles. The minimum absolute atomic E-state index is 0.408. The van der Waals surface area contributed by atoms with Crippen LogP contribution < -0.4 is 5.32 Å². The van der Waals surface area contributed by atoms with Gasteiger partial charge in [-0.05, 0) is 56.0 Å². The monoisotopic (exact) mass is 286 g/mol. The lowest BCUT2D eigenvalue weighted by atomic mass is 10.1. The summed E-state index contributed by atoms with van der Waals surface area (Å²) in [4.78, 5) is 7.65. The van der Waals surface area contributed by atoms with E-state index in [0.717, 1.165) is 13.0 Å². The largest absolute Gasteiger partial charge is 0.309 e. The molecule has 1 atom stereocenters. The highest BCUT2D eigenvalue weighted by Gasteiger charge is 2.20. The third-order valence-corrected chi connectivity index (χ3v) is 5.30. The van der Waals surface area contributed by atoms with Crippen molar-refractivity contribution in [3.63, 3.8) is 0 Å². The van der Waals surface area contributed by atoms with Gasteiger partial charge in [-0.25, -0.2) is 0 Å². The van der Waals surface area contributed by atoms with Crippen molar-refractivity contribution in [2.75, 3.05) is 6.54 Å². The number of likely N-dealkylation sites (N-methyl/N-ethyl adjacent to an activating group) is 1. The molecule has 2 nitrogen and oxygen atoms in total. The maximum absolute atomic E-state index is 4.55. The van der Waals surface area contributed by atoms with Gasteiger partial charge in [0.1, 0.15) is 0 Å². The van der Waals surface area contributed by atoms with Crippen LogP contribution in [-0.2, 0) is 19.3 Å².